The first kappa shape index (κ1) is 19.4. The van der Waals surface area contributed by atoms with Gasteiger partial charge in [0.05, 0.1) is 21.9 Å². The third kappa shape index (κ3) is 5.88. The van der Waals surface area contributed by atoms with Crippen LogP contribution in [0.1, 0.15) is 21.7 Å². The van der Waals surface area contributed by atoms with Crippen molar-refractivity contribution >= 4 is 46.4 Å². The summed E-state index contributed by atoms with van der Waals surface area (Å²) in [5.74, 6) is -1.41. The van der Waals surface area contributed by atoms with E-state index in [2.05, 4.69) is 10.6 Å². The molecule has 0 saturated carbocycles. The third-order valence-corrected chi connectivity index (χ3v) is 4.28. The largest absolute Gasteiger partial charge is 0.456 e. The summed E-state index contributed by atoms with van der Waals surface area (Å²) in [5, 5.41) is 15.9. The molecule has 1 heterocycles. The molecule has 0 aliphatic rings. The number of amides is 2. The zero-order valence-corrected chi connectivity index (χ0v) is 15.0. The quantitative estimate of drug-likeness (QED) is 0.705. The van der Waals surface area contributed by atoms with Gasteiger partial charge in [0.1, 0.15) is 6.07 Å². The standard InChI is InChI=1S/C17H14ClN3O4S/c18-13-8-12(4-3-11(13)9-19)21-15(22)10-25-16(23)5-6-20-17(24)14-2-1-7-26-14/h1-4,7-8H,5-6,10H2,(H,20,24)(H,21,22). The maximum absolute atomic E-state index is 11.8. The molecule has 9 heteroatoms. The van der Waals surface area contributed by atoms with Crippen molar-refractivity contribution in [3.8, 4) is 6.07 Å². The Morgan fingerprint density at radius 3 is 2.73 bits per heavy atom. The fourth-order valence-electron chi connectivity index (χ4n) is 1.87. The molecule has 1 aromatic carbocycles. The molecule has 0 saturated heterocycles. The van der Waals surface area contributed by atoms with Crippen LogP contribution >= 0.6 is 22.9 Å². The van der Waals surface area contributed by atoms with Crippen molar-refractivity contribution < 1.29 is 19.1 Å². The Kier molecular flexibility index (Phi) is 7.14. The summed E-state index contributed by atoms with van der Waals surface area (Å²) in [7, 11) is 0. The van der Waals surface area contributed by atoms with Crippen LogP contribution in [0.25, 0.3) is 0 Å². The zero-order chi connectivity index (χ0) is 18.9. The van der Waals surface area contributed by atoms with Gasteiger partial charge in [0.15, 0.2) is 6.61 Å². The van der Waals surface area contributed by atoms with Crippen molar-refractivity contribution in [3.63, 3.8) is 0 Å². The Balaban J connectivity index is 1.68. The molecular weight excluding hydrogens is 378 g/mol. The first-order valence-corrected chi connectivity index (χ1v) is 8.72. The van der Waals surface area contributed by atoms with Gasteiger partial charge < -0.3 is 15.4 Å². The highest BCUT2D eigenvalue weighted by atomic mass is 35.5. The highest BCUT2D eigenvalue weighted by Crippen LogP contribution is 2.20. The number of rotatable bonds is 7. The van der Waals surface area contributed by atoms with Crippen LogP contribution < -0.4 is 10.6 Å². The smallest absolute Gasteiger partial charge is 0.308 e. The number of carbonyl (C=O) groups excluding carboxylic acids is 3. The maximum atomic E-state index is 11.8. The number of anilines is 1. The zero-order valence-electron chi connectivity index (χ0n) is 13.5. The molecule has 134 valence electrons. The lowest BCUT2D eigenvalue weighted by molar-refractivity contribution is -0.147. The third-order valence-electron chi connectivity index (χ3n) is 3.10. The summed E-state index contributed by atoms with van der Waals surface area (Å²) in [6.07, 6.45) is -0.0485. The minimum absolute atomic E-state index is 0.0485. The maximum Gasteiger partial charge on any atom is 0.308 e. The Bertz CT molecular complexity index is 846. The molecule has 0 aliphatic heterocycles. The number of ether oxygens (including phenoxy) is 1. The van der Waals surface area contributed by atoms with E-state index in [1.54, 1.807) is 17.5 Å². The monoisotopic (exact) mass is 391 g/mol. The van der Waals surface area contributed by atoms with Crippen LogP contribution in [0.4, 0.5) is 5.69 Å². The second kappa shape index (κ2) is 9.56. The molecule has 0 unspecified atom stereocenters. The van der Waals surface area contributed by atoms with Gasteiger partial charge in [-0.25, -0.2) is 0 Å². The summed E-state index contributed by atoms with van der Waals surface area (Å²) >= 11 is 7.17. The number of halogens is 1. The number of nitrogens with one attached hydrogen (secondary N) is 2. The van der Waals surface area contributed by atoms with Crippen molar-refractivity contribution in [1.29, 1.82) is 5.26 Å². The first-order valence-electron chi connectivity index (χ1n) is 7.46. The fraction of sp³-hybridized carbons (Fsp3) is 0.176. The number of nitrogens with zero attached hydrogens (tertiary/aromatic N) is 1. The van der Waals surface area contributed by atoms with E-state index in [9.17, 15) is 14.4 Å². The van der Waals surface area contributed by atoms with E-state index in [1.807, 2.05) is 6.07 Å². The summed E-state index contributed by atoms with van der Waals surface area (Å²) < 4.78 is 4.84. The molecule has 7 nitrogen and oxygen atoms in total. The Morgan fingerprint density at radius 1 is 1.27 bits per heavy atom. The molecule has 2 aromatic rings. The molecule has 2 amide bonds. The van der Waals surface area contributed by atoms with Crippen LogP contribution in [0.5, 0.6) is 0 Å². The highest BCUT2D eigenvalue weighted by Gasteiger charge is 2.11. The van der Waals surface area contributed by atoms with Gasteiger partial charge >= 0.3 is 5.97 Å². The molecule has 0 spiro atoms. The van der Waals surface area contributed by atoms with Crippen LogP contribution in [-0.2, 0) is 14.3 Å². The van der Waals surface area contributed by atoms with Gasteiger partial charge in [-0.3, -0.25) is 14.4 Å². The van der Waals surface area contributed by atoms with E-state index < -0.39 is 18.5 Å². The average Bonchev–Trinajstić information content (AvgIpc) is 3.15. The fourth-order valence-corrected chi connectivity index (χ4v) is 2.73. The van der Waals surface area contributed by atoms with Crippen molar-refractivity contribution in [1.82, 2.24) is 5.32 Å². The Morgan fingerprint density at radius 2 is 2.08 bits per heavy atom. The second-order valence-corrected chi connectivity index (χ2v) is 6.35. The number of benzene rings is 1. The molecule has 0 atom stereocenters. The summed E-state index contributed by atoms with van der Waals surface area (Å²) in [6.45, 7) is -0.349. The van der Waals surface area contributed by atoms with E-state index in [4.69, 9.17) is 21.6 Å². The van der Waals surface area contributed by atoms with Gasteiger partial charge in [-0.05, 0) is 29.6 Å². The van der Waals surface area contributed by atoms with Crippen molar-refractivity contribution in [2.24, 2.45) is 0 Å². The molecule has 0 aliphatic carbocycles. The van der Waals surface area contributed by atoms with Crippen LogP contribution in [0.2, 0.25) is 5.02 Å². The van der Waals surface area contributed by atoms with E-state index >= 15 is 0 Å². The first-order chi connectivity index (χ1) is 12.5. The van der Waals surface area contributed by atoms with E-state index in [0.717, 1.165) is 0 Å². The van der Waals surface area contributed by atoms with Crippen LogP contribution in [0, 0.1) is 11.3 Å². The van der Waals surface area contributed by atoms with Crippen molar-refractivity contribution in [2.75, 3.05) is 18.5 Å². The van der Waals surface area contributed by atoms with E-state index in [-0.39, 0.29) is 23.9 Å². The topological polar surface area (TPSA) is 108 Å². The summed E-state index contributed by atoms with van der Waals surface area (Å²) in [6, 6.07) is 9.77. The van der Waals surface area contributed by atoms with E-state index in [0.29, 0.717) is 16.1 Å². The average molecular weight is 392 g/mol. The number of thiophene rings is 1. The number of carbonyl (C=O) groups is 3. The van der Waals surface area contributed by atoms with Crippen LogP contribution in [0.3, 0.4) is 0 Å². The SMILES string of the molecule is N#Cc1ccc(NC(=O)COC(=O)CCNC(=O)c2cccs2)cc1Cl. The lowest BCUT2D eigenvalue weighted by Crippen LogP contribution is -2.27. The molecule has 2 N–H and O–H groups in total. The number of hydrogen-bond acceptors (Lipinski definition) is 6. The number of esters is 1. The second-order valence-electron chi connectivity index (χ2n) is 5.00. The van der Waals surface area contributed by atoms with Gasteiger partial charge in [0.2, 0.25) is 0 Å². The van der Waals surface area contributed by atoms with Gasteiger partial charge in [-0.1, -0.05) is 17.7 Å². The molecule has 0 fully saturated rings. The van der Waals surface area contributed by atoms with Gasteiger partial charge in [0, 0.05) is 12.2 Å². The number of nitriles is 1. The molecule has 26 heavy (non-hydrogen) atoms. The molecule has 1 aromatic heterocycles. The van der Waals surface area contributed by atoms with Gasteiger partial charge in [-0.15, -0.1) is 11.3 Å². The molecular formula is C17H14ClN3O4S. The normalized spacial score (nSPS) is 9.85. The van der Waals surface area contributed by atoms with Crippen LogP contribution in [-0.4, -0.2) is 30.9 Å². The van der Waals surface area contributed by atoms with Crippen molar-refractivity contribution in [3.05, 3.63) is 51.2 Å². The summed E-state index contributed by atoms with van der Waals surface area (Å²) in [5.41, 5.74) is 0.680. The van der Waals surface area contributed by atoms with Gasteiger partial charge in [0.25, 0.3) is 11.8 Å². The Hall–Kier alpha value is -2.89. The minimum atomic E-state index is -0.607. The minimum Gasteiger partial charge on any atom is -0.456 e. The summed E-state index contributed by atoms with van der Waals surface area (Å²) in [4.78, 5) is 35.6. The van der Waals surface area contributed by atoms with Gasteiger partial charge in [-0.2, -0.15) is 5.26 Å². The Labute approximate surface area is 158 Å². The lowest BCUT2D eigenvalue weighted by Gasteiger charge is -2.08. The van der Waals surface area contributed by atoms with E-state index in [1.165, 1.54) is 29.5 Å². The highest BCUT2D eigenvalue weighted by molar-refractivity contribution is 7.12. The molecule has 0 bridgehead atoms. The number of hydrogen-bond donors (Lipinski definition) is 2. The predicted molar refractivity (Wildman–Crippen MR) is 97.0 cm³/mol. The molecule has 2 rings (SSSR count). The molecule has 0 radical (unpaired) electrons. The van der Waals surface area contributed by atoms with Crippen molar-refractivity contribution in [2.45, 2.75) is 6.42 Å². The predicted octanol–water partition coefficient (Wildman–Crippen LogP) is 2.57. The lowest BCUT2D eigenvalue weighted by atomic mass is 10.2. The van der Waals surface area contributed by atoms with Crippen LogP contribution in [0.15, 0.2) is 35.7 Å².